The van der Waals surface area contributed by atoms with E-state index in [-0.39, 0.29) is 5.75 Å². The minimum absolute atomic E-state index is 0.0507. The molecular formula is C14H8Cl2N2O. The van der Waals surface area contributed by atoms with Gasteiger partial charge in [0.15, 0.2) is 5.75 Å². The summed E-state index contributed by atoms with van der Waals surface area (Å²) >= 11 is 11.9. The van der Waals surface area contributed by atoms with E-state index >= 15 is 0 Å². The van der Waals surface area contributed by atoms with Gasteiger partial charge in [0.05, 0.1) is 5.02 Å². The minimum atomic E-state index is 0.0507. The van der Waals surface area contributed by atoms with E-state index < -0.39 is 0 Å². The normalized spacial score (nSPS) is 10.8. The van der Waals surface area contributed by atoms with Crippen LogP contribution in [0.1, 0.15) is 0 Å². The van der Waals surface area contributed by atoms with Gasteiger partial charge in [-0.25, -0.2) is 4.98 Å². The van der Waals surface area contributed by atoms with Crippen LogP contribution in [0.4, 0.5) is 0 Å². The van der Waals surface area contributed by atoms with Crippen molar-refractivity contribution in [2.75, 3.05) is 0 Å². The molecule has 0 fully saturated rings. The number of hydrogen-bond donors (Lipinski definition) is 1. The Hall–Kier alpha value is -1.84. The summed E-state index contributed by atoms with van der Waals surface area (Å²) in [5.74, 6) is 0.0507. The minimum Gasteiger partial charge on any atom is -0.505 e. The summed E-state index contributed by atoms with van der Waals surface area (Å²) in [4.78, 5) is 8.23. The smallest absolute Gasteiger partial charge is 0.151 e. The lowest BCUT2D eigenvalue weighted by molar-refractivity contribution is 0.481. The average Bonchev–Trinajstić information content (AvgIpc) is 2.40. The lowest BCUT2D eigenvalue weighted by atomic mass is 10.1. The van der Waals surface area contributed by atoms with E-state index in [2.05, 4.69) is 9.97 Å². The molecule has 0 amide bonds. The van der Waals surface area contributed by atoms with Crippen molar-refractivity contribution in [1.82, 2.24) is 9.97 Å². The van der Waals surface area contributed by atoms with Crippen LogP contribution in [0, 0.1) is 0 Å². The molecule has 3 nitrogen and oxygen atoms in total. The molecule has 0 unspecified atom stereocenters. The fourth-order valence-electron chi connectivity index (χ4n) is 1.92. The van der Waals surface area contributed by atoms with Gasteiger partial charge in [-0.05, 0) is 12.1 Å². The summed E-state index contributed by atoms with van der Waals surface area (Å²) in [6.45, 7) is 0. The molecule has 0 aliphatic carbocycles. The Labute approximate surface area is 119 Å². The Bertz CT molecular complexity index is 774. The largest absolute Gasteiger partial charge is 0.505 e. The molecule has 0 aliphatic heterocycles. The van der Waals surface area contributed by atoms with Gasteiger partial charge in [0.2, 0.25) is 0 Å². The van der Waals surface area contributed by atoms with Crippen LogP contribution in [0.2, 0.25) is 10.2 Å². The molecule has 1 N–H and O–H groups in total. The fraction of sp³-hybridized carbons (Fsp3) is 0. The van der Waals surface area contributed by atoms with E-state index in [0.29, 0.717) is 26.8 Å². The van der Waals surface area contributed by atoms with Gasteiger partial charge in [-0.1, -0.05) is 41.4 Å². The molecule has 2 aromatic heterocycles. The molecule has 0 atom stereocenters. The Morgan fingerprint density at radius 3 is 2.58 bits per heavy atom. The molecule has 0 saturated heterocycles. The van der Waals surface area contributed by atoms with Crippen molar-refractivity contribution in [2.45, 2.75) is 0 Å². The first kappa shape index (κ1) is 12.2. The summed E-state index contributed by atoms with van der Waals surface area (Å²) < 4.78 is 0. The number of fused-ring (bicyclic) bond motifs is 1. The quantitative estimate of drug-likeness (QED) is 0.679. The van der Waals surface area contributed by atoms with Gasteiger partial charge in [0.1, 0.15) is 10.8 Å². The molecule has 0 spiro atoms. The standard InChI is InChI=1S/C14H8Cl2N2O/c15-11-4-2-1-3-9(11)13-14(19)10-7-17-12(16)5-8(10)6-18-13/h1-7,19H. The van der Waals surface area contributed by atoms with Crippen molar-refractivity contribution in [2.24, 2.45) is 0 Å². The summed E-state index contributed by atoms with van der Waals surface area (Å²) in [5.41, 5.74) is 1.11. The molecule has 3 aromatic rings. The third-order valence-corrected chi connectivity index (χ3v) is 3.38. The Balaban J connectivity index is 2.29. The lowest BCUT2D eigenvalue weighted by Crippen LogP contribution is -1.88. The molecule has 94 valence electrons. The highest BCUT2D eigenvalue weighted by atomic mass is 35.5. The Kier molecular flexibility index (Phi) is 3.01. The third kappa shape index (κ3) is 2.11. The maximum atomic E-state index is 10.3. The van der Waals surface area contributed by atoms with Crippen LogP contribution in [0.3, 0.4) is 0 Å². The molecule has 2 heterocycles. The fourth-order valence-corrected chi connectivity index (χ4v) is 2.31. The first-order valence-corrected chi connectivity index (χ1v) is 6.30. The topological polar surface area (TPSA) is 46.0 Å². The SMILES string of the molecule is Oc1c(-c2ccccc2Cl)ncc2cc(Cl)ncc12. The third-order valence-electron chi connectivity index (χ3n) is 2.84. The number of rotatable bonds is 1. The number of aromatic nitrogens is 2. The van der Waals surface area contributed by atoms with Gasteiger partial charge < -0.3 is 5.11 Å². The van der Waals surface area contributed by atoms with E-state index in [1.807, 2.05) is 12.1 Å². The van der Waals surface area contributed by atoms with E-state index in [0.717, 1.165) is 5.39 Å². The van der Waals surface area contributed by atoms with E-state index in [4.69, 9.17) is 23.2 Å². The van der Waals surface area contributed by atoms with Crippen LogP contribution >= 0.6 is 23.2 Å². The van der Waals surface area contributed by atoms with Crippen LogP contribution in [0.5, 0.6) is 5.75 Å². The highest BCUT2D eigenvalue weighted by Gasteiger charge is 2.13. The second-order valence-electron chi connectivity index (χ2n) is 4.03. The van der Waals surface area contributed by atoms with Crippen molar-refractivity contribution in [3.8, 4) is 17.0 Å². The number of nitrogens with zero attached hydrogens (tertiary/aromatic N) is 2. The van der Waals surface area contributed by atoms with Crippen LogP contribution in [-0.4, -0.2) is 15.1 Å². The lowest BCUT2D eigenvalue weighted by Gasteiger charge is -2.08. The first-order chi connectivity index (χ1) is 9.16. The van der Waals surface area contributed by atoms with E-state index in [9.17, 15) is 5.11 Å². The molecule has 0 bridgehead atoms. The van der Waals surface area contributed by atoms with Crippen molar-refractivity contribution < 1.29 is 5.11 Å². The van der Waals surface area contributed by atoms with Crippen LogP contribution in [-0.2, 0) is 0 Å². The monoisotopic (exact) mass is 290 g/mol. The first-order valence-electron chi connectivity index (χ1n) is 5.55. The van der Waals surface area contributed by atoms with Crippen molar-refractivity contribution in [3.63, 3.8) is 0 Å². The number of hydrogen-bond acceptors (Lipinski definition) is 3. The van der Waals surface area contributed by atoms with Crippen molar-refractivity contribution in [3.05, 3.63) is 52.9 Å². The highest BCUT2D eigenvalue weighted by Crippen LogP contribution is 2.36. The summed E-state index contributed by atoms with van der Waals surface area (Å²) in [6.07, 6.45) is 3.16. The molecular weight excluding hydrogens is 283 g/mol. The number of pyridine rings is 2. The van der Waals surface area contributed by atoms with Gasteiger partial charge in [0, 0.05) is 28.7 Å². The Morgan fingerprint density at radius 2 is 1.79 bits per heavy atom. The molecule has 19 heavy (non-hydrogen) atoms. The molecule has 0 radical (unpaired) electrons. The van der Waals surface area contributed by atoms with Gasteiger partial charge in [-0.2, -0.15) is 0 Å². The van der Waals surface area contributed by atoms with Gasteiger partial charge in [-0.3, -0.25) is 4.98 Å². The zero-order chi connectivity index (χ0) is 13.4. The van der Waals surface area contributed by atoms with Gasteiger partial charge in [-0.15, -0.1) is 0 Å². The summed E-state index contributed by atoms with van der Waals surface area (Å²) in [6, 6.07) is 8.87. The van der Waals surface area contributed by atoms with Crippen LogP contribution < -0.4 is 0 Å². The maximum Gasteiger partial charge on any atom is 0.151 e. The zero-order valence-corrected chi connectivity index (χ0v) is 11.2. The molecule has 0 aliphatic rings. The Morgan fingerprint density at radius 1 is 1.00 bits per heavy atom. The molecule has 5 heteroatoms. The maximum absolute atomic E-state index is 10.3. The average molecular weight is 291 g/mol. The number of benzene rings is 1. The second kappa shape index (κ2) is 4.68. The number of halogens is 2. The number of aromatic hydroxyl groups is 1. The second-order valence-corrected chi connectivity index (χ2v) is 4.82. The molecule has 1 aromatic carbocycles. The van der Waals surface area contributed by atoms with Crippen molar-refractivity contribution >= 4 is 34.0 Å². The molecule has 3 rings (SSSR count). The zero-order valence-electron chi connectivity index (χ0n) is 9.64. The predicted molar refractivity (Wildman–Crippen MR) is 76.7 cm³/mol. The highest BCUT2D eigenvalue weighted by molar-refractivity contribution is 6.33. The molecule has 0 saturated carbocycles. The summed E-state index contributed by atoms with van der Waals surface area (Å²) in [5, 5.41) is 12.5. The van der Waals surface area contributed by atoms with Gasteiger partial charge >= 0.3 is 0 Å². The van der Waals surface area contributed by atoms with Crippen LogP contribution in [0.15, 0.2) is 42.7 Å². The van der Waals surface area contributed by atoms with E-state index in [1.165, 1.54) is 6.20 Å². The predicted octanol–water partition coefficient (Wildman–Crippen LogP) is 4.31. The van der Waals surface area contributed by atoms with Gasteiger partial charge in [0.25, 0.3) is 0 Å². The summed E-state index contributed by atoms with van der Waals surface area (Å²) in [7, 11) is 0. The van der Waals surface area contributed by atoms with Crippen LogP contribution in [0.25, 0.3) is 22.0 Å². The van der Waals surface area contributed by atoms with Crippen molar-refractivity contribution in [1.29, 1.82) is 0 Å². The van der Waals surface area contributed by atoms with E-state index in [1.54, 1.807) is 24.4 Å².